The van der Waals surface area contributed by atoms with Gasteiger partial charge in [-0.15, -0.1) is 0 Å². The van der Waals surface area contributed by atoms with Crippen molar-refractivity contribution < 1.29 is 5.11 Å². The number of allylic oxidation sites excluding steroid dienone is 1. The molecule has 1 aliphatic carbocycles. The van der Waals surface area contributed by atoms with Crippen molar-refractivity contribution in [2.75, 3.05) is 0 Å². The van der Waals surface area contributed by atoms with E-state index in [9.17, 15) is 5.11 Å². The molecule has 0 fully saturated rings. The Morgan fingerprint density at radius 3 is 2.50 bits per heavy atom. The maximum absolute atomic E-state index is 9.22. The molecular formula is C9H16O. The average molecular weight is 140 g/mol. The van der Waals surface area contributed by atoms with Crippen molar-refractivity contribution in [1.29, 1.82) is 0 Å². The first-order valence-electron chi connectivity index (χ1n) is 3.90. The van der Waals surface area contributed by atoms with Crippen molar-refractivity contribution in [3.63, 3.8) is 0 Å². The van der Waals surface area contributed by atoms with Crippen molar-refractivity contribution >= 4 is 0 Å². The van der Waals surface area contributed by atoms with Crippen molar-refractivity contribution in [2.24, 2.45) is 11.3 Å². The molecule has 1 heteroatoms. The van der Waals surface area contributed by atoms with E-state index in [-0.39, 0.29) is 11.5 Å². The van der Waals surface area contributed by atoms with Crippen molar-refractivity contribution in [2.45, 2.75) is 33.3 Å². The topological polar surface area (TPSA) is 20.2 Å². The third kappa shape index (κ3) is 1.40. The van der Waals surface area contributed by atoms with Crippen LogP contribution in [0.15, 0.2) is 12.2 Å². The normalized spacial score (nSPS) is 38.0. The fourth-order valence-corrected chi connectivity index (χ4v) is 1.27. The summed E-state index contributed by atoms with van der Waals surface area (Å²) in [5.74, 6) is 0.590. The number of hydrogen-bond donors (Lipinski definition) is 1. The summed E-state index contributed by atoms with van der Waals surface area (Å²) in [5.41, 5.74) is 0.277. The summed E-state index contributed by atoms with van der Waals surface area (Å²) in [5, 5.41) is 9.22. The second-order valence-corrected chi connectivity index (χ2v) is 3.88. The van der Waals surface area contributed by atoms with Crippen LogP contribution in [-0.2, 0) is 0 Å². The molecule has 0 spiro atoms. The molecule has 1 unspecified atom stereocenters. The van der Waals surface area contributed by atoms with Gasteiger partial charge in [-0.05, 0) is 17.8 Å². The van der Waals surface area contributed by atoms with Crippen LogP contribution < -0.4 is 0 Å². The zero-order valence-corrected chi connectivity index (χ0v) is 6.96. The Morgan fingerprint density at radius 1 is 1.50 bits per heavy atom. The van der Waals surface area contributed by atoms with Crippen molar-refractivity contribution in [1.82, 2.24) is 0 Å². The molecule has 0 saturated heterocycles. The molecule has 0 bridgehead atoms. The van der Waals surface area contributed by atoms with Gasteiger partial charge in [0.1, 0.15) is 0 Å². The lowest BCUT2D eigenvalue weighted by atomic mass is 9.73. The minimum absolute atomic E-state index is 0.206. The van der Waals surface area contributed by atoms with Crippen LogP contribution in [-0.4, -0.2) is 11.2 Å². The average Bonchev–Trinajstić information content (AvgIpc) is 1.81. The molecule has 1 rings (SSSR count). The molecule has 0 heterocycles. The summed E-state index contributed by atoms with van der Waals surface area (Å²) in [4.78, 5) is 0. The first-order valence-corrected chi connectivity index (χ1v) is 3.90. The largest absolute Gasteiger partial charge is 0.389 e. The molecule has 2 atom stereocenters. The lowest BCUT2D eigenvalue weighted by Gasteiger charge is -2.33. The monoisotopic (exact) mass is 140 g/mol. The fourth-order valence-electron chi connectivity index (χ4n) is 1.27. The Morgan fingerprint density at radius 2 is 2.10 bits per heavy atom. The van der Waals surface area contributed by atoms with E-state index in [1.807, 2.05) is 6.08 Å². The van der Waals surface area contributed by atoms with E-state index >= 15 is 0 Å². The second-order valence-electron chi connectivity index (χ2n) is 3.88. The van der Waals surface area contributed by atoms with E-state index in [4.69, 9.17) is 0 Å². The lowest BCUT2D eigenvalue weighted by molar-refractivity contribution is 0.138. The maximum Gasteiger partial charge on any atom is 0.0724 e. The number of aliphatic hydroxyl groups excluding tert-OH is 1. The molecule has 1 aliphatic rings. The summed E-state index contributed by atoms with van der Waals surface area (Å²) < 4.78 is 0. The summed E-state index contributed by atoms with van der Waals surface area (Å²) in [7, 11) is 0. The summed E-state index contributed by atoms with van der Waals surface area (Å²) in [6.45, 7) is 6.60. The van der Waals surface area contributed by atoms with Gasteiger partial charge in [-0.25, -0.2) is 0 Å². The SMILES string of the molecule is C[C@H]1CC(O)C=CC1(C)C. The van der Waals surface area contributed by atoms with E-state index in [2.05, 4.69) is 26.8 Å². The van der Waals surface area contributed by atoms with E-state index in [1.54, 1.807) is 0 Å². The van der Waals surface area contributed by atoms with Crippen LogP contribution in [0, 0.1) is 11.3 Å². The molecule has 0 aromatic rings. The Labute approximate surface area is 62.8 Å². The molecular weight excluding hydrogens is 124 g/mol. The molecule has 0 radical (unpaired) electrons. The fraction of sp³-hybridized carbons (Fsp3) is 0.778. The van der Waals surface area contributed by atoms with Gasteiger partial charge in [0.2, 0.25) is 0 Å². The third-order valence-electron chi connectivity index (χ3n) is 2.61. The van der Waals surface area contributed by atoms with Gasteiger partial charge in [-0.3, -0.25) is 0 Å². The molecule has 1 nitrogen and oxygen atoms in total. The van der Waals surface area contributed by atoms with Gasteiger partial charge < -0.3 is 5.11 Å². The van der Waals surface area contributed by atoms with Gasteiger partial charge in [0.15, 0.2) is 0 Å². The van der Waals surface area contributed by atoms with Gasteiger partial charge in [-0.1, -0.05) is 32.9 Å². The molecule has 0 amide bonds. The van der Waals surface area contributed by atoms with Crippen LogP contribution in [0.3, 0.4) is 0 Å². The maximum atomic E-state index is 9.22. The molecule has 58 valence electrons. The highest BCUT2D eigenvalue weighted by atomic mass is 16.3. The standard InChI is InChI=1S/C9H16O/c1-7-6-8(10)4-5-9(7,2)3/h4-5,7-8,10H,6H2,1-3H3/t7-,8?/m0/s1. The van der Waals surface area contributed by atoms with Gasteiger partial charge in [-0.2, -0.15) is 0 Å². The van der Waals surface area contributed by atoms with Crippen molar-refractivity contribution in [3.8, 4) is 0 Å². The minimum Gasteiger partial charge on any atom is -0.389 e. The smallest absolute Gasteiger partial charge is 0.0724 e. The van der Waals surface area contributed by atoms with Crippen LogP contribution in [0.25, 0.3) is 0 Å². The van der Waals surface area contributed by atoms with Crippen LogP contribution in [0.1, 0.15) is 27.2 Å². The van der Waals surface area contributed by atoms with Crippen molar-refractivity contribution in [3.05, 3.63) is 12.2 Å². The quantitative estimate of drug-likeness (QED) is 0.510. The molecule has 0 saturated carbocycles. The predicted octanol–water partition coefficient (Wildman–Crippen LogP) is 1.97. The van der Waals surface area contributed by atoms with E-state index in [0.717, 1.165) is 6.42 Å². The minimum atomic E-state index is -0.206. The van der Waals surface area contributed by atoms with Crippen LogP contribution in [0.2, 0.25) is 0 Å². The van der Waals surface area contributed by atoms with Gasteiger partial charge in [0, 0.05) is 0 Å². The number of hydrogen-bond acceptors (Lipinski definition) is 1. The first kappa shape index (κ1) is 7.80. The number of rotatable bonds is 0. The van der Waals surface area contributed by atoms with E-state index in [1.165, 1.54) is 0 Å². The predicted molar refractivity (Wildman–Crippen MR) is 42.7 cm³/mol. The Bertz CT molecular complexity index is 147. The molecule has 10 heavy (non-hydrogen) atoms. The molecule has 0 aromatic heterocycles. The van der Waals surface area contributed by atoms with Gasteiger partial charge in [0.05, 0.1) is 6.10 Å². The second kappa shape index (κ2) is 2.39. The summed E-state index contributed by atoms with van der Waals surface area (Å²) >= 11 is 0. The van der Waals surface area contributed by atoms with E-state index in [0.29, 0.717) is 5.92 Å². The van der Waals surface area contributed by atoms with Gasteiger partial charge >= 0.3 is 0 Å². The van der Waals surface area contributed by atoms with Gasteiger partial charge in [0.25, 0.3) is 0 Å². The van der Waals surface area contributed by atoms with Crippen LogP contribution in [0.4, 0.5) is 0 Å². The molecule has 1 N–H and O–H groups in total. The third-order valence-corrected chi connectivity index (χ3v) is 2.61. The van der Waals surface area contributed by atoms with Crippen LogP contribution in [0.5, 0.6) is 0 Å². The highest BCUT2D eigenvalue weighted by Gasteiger charge is 2.27. The molecule has 0 aromatic carbocycles. The summed E-state index contributed by atoms with van der Waals surface area (Å²) in [6.07, 6.45) is 4.72. The van der Waals surface area contributed by atoms with Crippen LogP contribution >= 0.6 is 0 Å². The zero-order chi connectivity index (χ0) is 7.78. The number of aliphatic hydroxyl groups is 1. The highest BCUT2D eigenvalue weighted by molar-refractivity contribution is 5.05. The Balaban J connectivity index is 2.72. The zero-order valence-electron chi connectivity index (χ0n) is 6.96. The first-order chi connectivity index (χ1) is 4.52. The highest BCUT2D eigenvalue weighted by Crippen LogP contribution is 2.35. The lowest BCUT2D eigenvalue weighted by Crippen LogP contribution is -2.27. The Kier molecular flexibility index (Phi) is 1.86. The summed E-state index contributed by atoms with van der Waals surface area (Å²) in [6, 6.07) is 0. The molecule has 0 aliphatic heterocycles. The van der Waals surface area contributed by atoms with E-state index < -0.39 is 0 Å². The Hall–Kier alpha value is -0.300.